The predicted molar refractivity (Wildman–Crippen MR) is 92.1 cm³/mol. The fourth-order valence-electron chi connectivity index (χ4n) is 3.12. The highest BCUT2D eigenvalue weighted by atomic mass is 19.4. The van der Waals surface area contributed by atoms with Gasteiger partial charge in [0.05, 0.1) is 23.0 Å². The van der Waals surface area contributed by atoms with Gasteiger partial charge in [0.15, 0.2) is 0 Å². The van der Waals surface area contributed by atoms with Crippen molar-refractivity contribution in [3.8, 4) is 0 Å². The second-order valence-corrected chi connectivity index (χ2v) is 6.56. The fraction of sp³-hybridized carbons (Fsp3) is 0.389. The Morgan fingerprint density at radius 2 is 2.11 bits per heavy atom. The van der Waals surface area contributed by atoms with Gasteiger partial charge < -0.3 is 10.6 Å². The van der Waals surface area contributed by atoms with E-state index in [4.69, 9.17) is 0 Å². The molecule has 2 amide bonds. The molecule has 0 radical (unpaired) electrons. The van der Waals surface area contributed by atoms with Gasteiger partial charge in [-0.15, -0.1) is 0 Å². The van der Waals surface area contributed by atoms with Gasteiger partial charge in [0.2, 0.25) is 5.91 Å². The highest BCUT2D eigenvalue weighted by Gasteiger charge is 2.31. The molecule has 2 N–H and O–H groups in total. The van der Waals surface area contributed by atoms with Gasteiger partial charge in [0.25, 0.3) is 5.91 Å². The van der Waals surface area contributed by atoms with Gasteiger partial charge in [0.1, 0.15) is 0 Å². The number of anilines is 1. The topological polar surface area (TPSA) is 76.0 Å². The standard InChI is InChI=1S/C18H19F3N4O2/c1-11(26)22-9-12-5-6-25-16(7-12)15(10-23-25)17(27)24-14-4-2-3-13(8-14)18(19,20)21/h2-4,8,10,12H,5-7,9H2,1H3,(H,22,26)(H,24,27). The molecule has 27 heavy (non-hydrogen) atoms. The van der Waals surface area contributed by atoms with Crippen molar-refractivity contribution in [2.45, 2.75) is 32.5 Å². The zero-order chi connectivity index (χ0) is 19.6. The molecule has 6 nitrogen and oxygen atoms in total. The molecule has 0 bridgehead atoms. The van der Waals surface area contributed by atoms with Crippen molar-refractivity contribution < 1.29 is 22.8 Å². The van der Waals surface area contributed by atoms with Crippen LogP contribution in [-0.2, 0) is 23.9 Å². The minimum absolute atomic E-state index is 0.0698. The van der Waals surface area contributed by atoms with Crippen LogP contribution in [-0.4, -0.2) is 28.1 Å². The summed E-state index contributed by atoms with van der Waals surface area (Å²) in [5.74, 6) is -0.439. The number of benzene rings is 1. The summed E-state index contributed by atoms with van der Waals surface area (Å²) in [6.45, 7) is 2.58. The van der Waals surface area contributed by atoms with Crippen LogP contribution in [0.1, 0.15) is 35.0 Å². The number of aromatic nitrogens is 2. The molecule has 2 heterocycles. The Morgan fingerprint density at radius 3 is 2.81 bits per heavy atom. The number of alkyl halides is 3. The highest BCUT2D eigenvalue weighted by Crippen LogP contribution is 2.31. The first kappa shape index (κ1) is 18.9. The molecule has 0 fully saturated rings. The lowest BCUT2D eigenvalue weighted by molar-refractivity contribution is -0.137. The quantitative estimate of drug-likeness (QED) is 0.857. The molecule has 9 heteroatoms. The SMILES string of the molecule is CC(=O)NCC1CCn2ncc(C(=O)Nc3cccc(C(F)(F)F)c3)c2C1. The normalized spacial score (nSPS) is 16.5. The van der Waals surface area contributed by atoms with Crippen molar-refractivity contribution in [3.63, 3.8) is 0 Å². The third-order valence-corrected chi connectivity index (χ3v) is 4.51. The molecule has 1 aromatic carbocycles. The van der Waals surface area contributed by atoms with Crippen molar-refractivity contribution in [2.24, 2.45) is 5.92 Å². The lowest BCUT2D eigenvalue weighted by Crippen LogP contribution is -2.32. The molecule has 3 rings (SSSR count). The van der Waals surface area contributed by atoms with Crippen LogP contribution in [0.25, 0.3) is 0 Å². The maximum Gasteiger partial charge on any atom is 0.416 e. The summed E-state index contributed by atoms with van der Waals surface area (Å²) in [5.41, 5.74) is 0.300. The molecule has 0 spiro atoms. The van der Waals surface area contributed by atoms with E-state index < -0.39 is 17.6 Å². The van der Waals surface area contributed by atoms with Crippen molar-refractivity contribution >= 4 is 17.5 Å². The van der Waals surface area contributed by atoms with Gasteiger partial charge in [-0.3, -0.25) is 14.3 Å². The number of fused-ring (bicyclic) bond motifs is 1. The first-order valence-corrected chi connectivity index (χ1v) is 8.52. The van der Waals surface area contributed by atoms with E-state index in [1.807, 2.05) is 0 Å². The number of nitrogens with zero attached hydrogens (tertiary/aromatic N) is 2. The molecule has 0 aliphatic carbocycles. The third kappa shape index (κ3) is 4.47. The van der Waals surface area contributed by atoms with Crippen LogP contribution in [0.3, 0.4) is 0 Å². The number of amides is 2. The van der Waals surface area contributed by atoms with E-state index in [-0.39, 0.29) is 17.5 Å². The first-order chi connectivity index (χ1) is 12.7. The monoisotopic (exact) mass is 380 g/mol. The molecular formula is C18H19F3N4O2. The summed E-state index contributed by atoms with van der Waals surface area (Å²) in [7, 11) is 0. The van der Waals surface area contributed by atoms with E-state index in [0.29, 0.717) is 25.1 Å². The zero-order valence-electron chi connectivity index (χ0n) is 14.6. The summed E-state index contributed by atoms with van der Waals surface area (Å²) < 4.78 is 40.2. The second kappa shape index (κ2) is 7.42. The minimum Gasteiger partial charge on any atom is -0.356 e. The number of hydrogen-bond acceptors (Lipinski definition) is 3. The largest absolute Gasteiger partial charge is 0.416 e. The van der Waals surface area contributed by atoms with Crippen molar-refractivity contribution in [2.75, 3.05) is 11.9 Å². The van der Waals surface area contributed by atoms with Crippen molar-refractivity contribution in [3.05, 3.63) is 47.3 Å². The Hall–Kier alpha value is -2.84. The molecule has 0 saturated heterocycles. The molecule has 144 valence electrons. The Labute approximate surface area is 153 Å². The Morgan fingerprint density at radius 1 is 1.33 bits per heavy atom. The average molecular weight is 380 g/mol. The summed E-state index contributed by atoms with van der Waals surface area (Å²) in [4.78, 5) is 23.7. The van der Waals surface area contributed by atoms with Gasteiger partial charge in [-0.25, -0.2) is 0 Å². The molecular weight excluding hydrogens is 361 g/mol. The van der Waals surface area contributed by atoms with Crippen molar-refractivity contribution in [1.29, 1.82) is 0 Å². The molecule has 0 saturated carbocycles. The number of carbonyl (C=O) groups excluding carboxylic acids is 2. The number of hydrogen-bond donors (Lipinski definition) is 2. The van der Waals surface area contributed by atoms with Crippen LogP contribution >= 0.6 is 0 Å². The number of halogens is 3. The zero-order valence-corrected chi connectivity index (χ0v) is 14.6. The van der Waals surface area contributed by atoms with Crippen LogP contribution in [0, 0.1) is 5.92 Å². The smallest absolute Gasteiger partial charge is 0.356 e. The van der Waals surface area contributed by atoms with Crippen molar-refractivity contribution in [1.82, 2.24) is 15.1 Å². The molecule has 1 aliphatic heterocycles. The average Bonchev–Trinajstić information content (AvgIpc) is 3.02. The van der Waals surface area contributed by atoms with Gasteiger partial charge in [-0.05, 0) is 37.0 Å². The minimum atomic E-state index is -4.48. The van der Waals surface area contributed by atoms with Gasteiger partial charge in [-0.1, -0.05) is 6.07 Å². The van der Waals surface area contributed by atoms with E-state index in [0.717, 1.165) is 24.2 Å². The predicted octanol–water partition coefficient (Wildman–Crippen LogP) is 2.85. The van der Waals surface area contributed by atoms with E-state index in [9.17, 15) is 22.8 Å². The molecule has 1 atom stereocenters. The molecule has 2 aromatic rings. The number of rotatable bonds is 4. The van der Waals surface area contributed by atoms with Crippen LogP contribution in [0.5, 0.6) is 0 Å². The first-order valence-electron chi connectivity index (χ1n) is 8.52. The van der Waals surface area contributed by atoms with Crippen LogP contribution in [0.15, 0.2) is 30.5 Å². The molecule has 1 aliphatic rings. The van der Waals surface area contributed by atoms with Crippen LogP contribution in [0.2, 0.25) is 0 Å². The second-order valence-electron chi connectivity index (χ2n) is 6.56. The Kier molecular flexibility index (Phi) is 5.20. The van der Waals surface area contributed by atoms with Gasteiger partial charge in [-0.2, -0.15) is 18.3 Å². The molecule has 1 unspecified atom stereocenters. The Bertz CT molecular complexity index is 861. The maximum absolute atomic E-state index is 12.8. The lowest BCUT2D eigenvalue weighted by atomic mass is 9.94. The summed E-state index contributed by atoms with van der Waals surface area (Å²) in [6.07, 6.45) is -1.66. The van der Waals surface area contributed by atoms with Crippen LogP contribution in [0.4, 0.5) is 18.9 Å². The van der Waals surface area contributed by atoms with E-state index in [1.54, 1.807) is 4.68 Å². The van der Waals surface area contributed by atoms with E-state index in [2.05, 4.69) is 15.7 Å². The number of carbonyl (C=O) groups is 2. The number of aryl methyl sites for hydroxylation is 1. The summed E-state index contributed by atoms with van der Waals surface area (Å²) in [6, 6.07) is 4.50. The maximum atomic E-state index is 12.8. The van der Waals surface area contributed by atoms with Gasteiger partial charge in [0, 0.05) is 25.7 Å². The highest BCUT2D eigenvalue weighted by molar-refractivity contribution is 6.05. The van der Waals surface area contributed by atoms with Crippen LogP contribution < -0.4 is 10.6 Å². The lowest BCUT2D eigenvalue weighted by Gasteiger charge is -2.24. The van der Waals surface area contributed by atoms with Gasteiger partial charge >= 0.3 is 6.18 Å². The number of nitrogens with one attached hydrogen (secondary N) is 2. The third-order valence-electron chi connectivity index (χ3n) is 4.51. The van der Waals surface area contributed by atoms with E-state index >= 15 is 0 Å². The Balaban J connectivity index is 1.74. The molecule has 1 aromatic heterocycles. The fourth-order valence-corrected chi connectivity index (χ4v) is 3.12. The summed E-state index contributed by atoms with van der Waals surface area (Å²) >= 11 is 0. The summed E-state index contributed by atoms with van der Waals surface area (Å²) in [5, 5.41) is 9.48. The van der Waals surface area contributed by atoms with E-state index in [1.165, 1.54) is 25.3 Å².